The van der Waals surface area contributed by atoms with Gasteiger partial charge in [-0.05, 0) is 44.5 Å². The van der Waals surface area contributed by atoms with E-state index in [2.05, 4.69) is 26.2 Å². The van der Waals surface area contributed by atoms with E-state index in [4.69, 9.17) is 0 Å². The van der Waals surface area contributed by atoms with Crippen LogP contribution in [0.1, 0.15) is 29.5 Å². The highest BCUT2D eigenvalue weighted by Crippen LogP contribution is 2.38. The van der Waals surface area contributed by atoms with Gasteiger partial charge in [-0.3, -0.25) is 0 Å². The van der Waals surface area contributed by atoms with Crippen LogP contribution in [0.4, 0.5) is 4.39 Å². The smallest absolute Gasteiger partial charge is 0.133 e. The maximum absolute atomic E-state index is 13.9. The fraction of sp³-hybridized carbons (Fsp3) is 0.357. The zero-order valence-electron chi connectivity index (χ0n) is 10.5. The molecule has 1 atom stereocenters. The summed E-state index contributed by atoms with van der Waals surface area (Å²) in [5.41, 5.74) is 1.69. The van der Waals surface area contributed by atoms with E-state index in [9.17, 15) is 4.39 Å². The molecule has 3 rings (SSSR count). The molecule has 100 valence electrons. The van der Waals surface area contributed by atoms with Crippen LogP contribution in [0.5, 0.6) is 0 Å². The Morgan fingerprint density at radius 2 is 2.32 bits per heavy atom. The topological polar surface area (TPSA) is 24.9 Å². The highest BCUT2D eigenvalue weighted by molar-refractivity contribution is 9.10. The lowest BCUT2D eigenvalue weighted by molar-refractivity contribution is 0.490. The minimum atomic E-state index is -0.213. The van der Waals surface area contributed by atoms with E-state index >= 15 is 0 Å². The molecule has 0 saturated carbocycles. The van der Waals surface area contributed by atoms with Gasteiger partial charge in [-0.15, -0.1) is 11.3 Å². The van der Waals surface area contributed by atoms with Gasteiger partial charge in [-0.2, -0.15) is 0 Å². The molecule has 2 nitrogen and oxygen atoms in total. The number of rotatable bonds is 2. The first-order valence-corrected chi connectivity index (χ1v) is 7.92. The fourth-order valence-corrected chi connectivity index (χ4v) is 4.02. The average Bonchev–Trinajstić information content (AvgIpc) is 2.85. The summed E-state index contributed by atoms with van der Waals surface area (Å²) in [6, 6.07) is 5.30. The molecule has 0 saturated heterocycles. The molecular formula is C14H14BrFN2S. The maximum Gasteiger partial charge on any atom is 0.133 e. The molecule has 0 aliphatic heterocycles. The van der Waals surface area contributed by atoms with Gasteiger partial charge in [0.1, 0.15) is 10.8 Å². The number of hydrogen-bond acceptors (Lipinski definition) is 3. The number of halogens is 2. The van der Waals surface area contributed by atoms with Crippen LogP contribution in [0.2, 0.25) is 0 Å². The molecule has 1 heterocycles. The zero-order chi connectivity index (χ0) is 13.4. The van der Waals surface area contributed by atoms with Crippen molar-refractivity contribution in [1.82, 2.24) is 10.3 Å². The summed E-state index contributed by atoms with van der Waals surface area (Å²) in [4.78, 5) is 5.96. The highest BCUT2D eigenvalue weighted by atomic mass is 79.9. The molecule has 5 heteroatoms. The average molecular weight is 341 g/mol. The predicted molar refractivity (Wildman–Crippen MR) is 79.9 cm³/mol. The normalized spacial score (nSPS) is 18.4. The Kier molecular flexibility index (Phi) is 3.69. The van der Waals surface area contributed by atoms with Crippen LogP contribution in [0.25, 0.3) is 10.6 Å². The first-order chi connectivity index (χ1) is 9.19. The molecule has 0 bridgehead atoms. The molecule has 1 aromatic carbocycles. The molecule has 0 fully saturated rings. The maximum atomic E-state index is 13.9. The van der Waals surface area contributed by atoms with E-state index in [1.807, 2.05) is 7.05 Å². The van der Waals surface area contributed by atoms with Crippen molar-refractivity contribution in [3.05, 3.63) is 39.1 Å². The number of fused-ring (bicyclic) bond motifs is 1. The third-order valence-electron chi connectivity index (χ3n) is 3.46. The van der Waals surface area contributed by atoms with Crippen LogP contribution in [-0.4, -0.2) is 12.0 Å². The van der Waals surface area contributed by atoms with Crippen LogP contribution in [0.15, 0.2) is 22.7 Å². The number of nitrogens with zero attached hydrogens (tertiary/aromatic N) is 1. The first kappa shape index (κ1) is 13.2. The number of hydrogen-bond donors (Lipinski definition) is 1. The van der Waals surface area contributed by atoms with Crippen LogP contribution in [-0.2, 0) is 6.42 Å². The summed E-state index contributed by atoms with van der Waals surface area (Å²) in [5.74, 6) is -0.213. The summed E-state index contributed by atoms with van der Waals surface area (Å²) in [6.45, 7) is 0. The lowest BCUT2D eigenvalue weighted by Gasteiger charge is -2.19. The second-order valence-electron chi connectivity index (χ2n) is 4.69. The number of thiazole rings is 1. The molecule has 0 amide bonds. The highest BCUT2D eigenvalue weighted by Gasteiger charge is 2.24. The van der Waals surface area contributed by atoms with Crippen molar-refractivity contribution in [2.75, 3.05) is 7.05 Å². The molecule has 0 radical (unpaired) electrons. The molecule has 1 unspecified atom stereocenters. The van der Waals surface area contributed by atoms with Gasteiger partial charge in [0.2, 0.25) is 0 Å². The van der Waals surface area contributed by atoms with Crippen molar-refractivity contribution in [3.63, 3.8) is 0 Å². The summed E-state index contributed by atoms with van der Waals surface area (Å²) in [5, 5.41) is 4.08. The Morgan fingerprint density at radius 3 is 3.11 bits per heavy atom. The van der Waals surface area contributed by atoms with Crippen LogP contribution < -0.4 is 5.32 Å². The third-order valence-corrected chi connectivity index (χ3v) is 5.12. The standard InChI is InChI=1S/C14H14BrFN2S/c1-17-11-3-2-4-12-13(11)18-14(19-12)9-7-8(15)5-6-10(9)16/h5-7,11,17H,2-4H2,1H3. The third kappa shape index (κ3) is 2.47. The Hall–Kier alpha value is -0.780. The van der Waals surface area contributed by atoms with Gasteiger partial charge in [0, 0.05) is 14.9 Å². The first-order valence-electron chi connectivity index (χ1n) is 6.31. The van der Waals surface area contributed by atoms with Crippen molar-refractivity contribution < 1.29 is 4.39 Å². The van der Waals surface area contributed by atoms with Gasteiger partial charge < -0.3 is 5.32 Å². The lowest BCUT2D eigenvalue weighted by atomic mass is 9.98. The van der Waals surface area contributed by atoms with Crippen LogP contribution in [0, 0.1) is 5.82 Å². The zero-order valence-corrected chi connectivity index (χ0v) is 12.9. The van der Waals surface area contributed by atoms with Crippen LogP contribution in [0.3, 0.4) is 0 Å². The molecule has 1 aliphatic carbocycles. The van der Waals surface area contributed by atoms with Crippen molar-refractivity contribution in [3.8, 4) is 10.6 Å². The Bertz CT molecular complexity index is 611. The molecule has 19 heavy (non-hydrogen) atoms. The van der Waals surface area contributed by atoms with Gasteiger partial charge in [0.05, 0.1) is 11.7 Å². The largest absolute Gasteiger partial charge is 0.312 e. The van der Waals surface area contributed by atoms with Gasteiger partial charge in [-0.25, -0.2) is 9.37 Å². The summed E-state index contributed by atoms with van der Waals surface area (Å²) in [7, 11) is 1.96. The Morgan fingerprint density at radius 1 is 1.47 bits per heavy atom. The van der Waals surface area contributed by atoms with Gasteiger partial charge in [0.15, 0.2) is 0 Å². The second kappa shape index (κ2) is 5.31. The summed E-state index contributed by atoms with van der Waals surface area (Å²) in [6.07, 6.45) is 3.33. The van der Waals surface area contributed by atoms with Gasteiger partial charge in [0.25, 0.3) is 0 Å². The lowest BCUT2D eigenvalue weighted by Crippen LogP contribution is -2.21. The predicted octanol–water partition coefficient (Wildman–Crippen LogP) is 4.31. The summed E-state index contributed by atoms with van der Waals surface area (Å²) >= 11 is 5.01. The van der Waals surface area contributed by atoms with E-state index in [1.54, 1.807) is 23.5 Å². The number of benzene rings is 1. The fourth-order valence-electron chi connectivity index (χ4n) is 2.48. The van der Waals surface area contributed by atoms with Crippen LogP contribution >= 0.6 is 27.3 Å². The van der Waals surface area contributed by atoms with E-state index in [-0.39, 0.29) is 5.82 Å². The minimum absolute atomic E-state index is 0.213. The molecule has 2 aromatic rings. The SMILES string of the molecule is CNC1CCCc2sc(-c3cc(Br)ccc3F)nc21. The summed E-state index contributed by atoms with van der Waals surface area (Å²) < 4.78 is 14.8. The quantitative estimate of drug-likeness (QED) is 0.881. The minimum Gasteiger partial charge on any atom is -0.312 e. The van der Waals surface area contributed by atoms with E-state index in [0.29, 0.717) is 11.6 Å². The molecule has 1 aliphatic rings. The van der Waals surface area contributed by atoms with E-state index in [1.165, 1.54) is 17.4 Å². The Labute approximate surface area is 124 Å². The van der Waals surface area contributed by atoms with Gasteiger partial charge >= 0.3 is 0 Å². The van der Waals surface area contributed by atoms with E-state index in [0.717, 1.165) is 28.0 Å². The van der Waals surface area contributed by atoms with Gasteiger partial charge in [-0.1, -0.05) is 15.9 Å². The number of nitrogens with one attached hydrogen (secondary N) is 1. The van der Waals surface area contributed by atoms with Crippen molar-refractivity contribution in [2.45, 2.75) is 25.3 Å². The molecule has 1 N–H and O–H groups in total. The molecule has 1 aromatic heterocycles. The number of aryl methyl sites for hydroxylation is 1. The number of aromatic nitrogens is 1. The Balaban J connectivity index is 2.07. The van der Waals surface area contributed by atoms with Crippen molar-refractivity contribution in [1.29, 1.82) is 0 Å². The van der Waals surface area contributed by atoms with Crippen molar-refractivity contribution in [2.24, 2.45) is 0 Å². The van der Waals surface area contributed by atoms with Crippen molar-refractivity contribution >= 4 is 27.3 Å². The molecule has 0 spiro atoms. The second-order valence-corrected chi connectivity index (χ2v) is 6.68. The molecular weight excluding hydrogens is 327 g/mol. The van der Waals surface area contributed by atoms with E-state index < -0.39 is 0 Å². The monoisotopic (exact) mass is 340 g/mol.